The summed E-state index contributed by atoms with van der Waals surface area (Å²) in [4.78, 5) is 0. The van der Waals surface area contributed by atoms with Gasteiger partial charge < -0.3 is 4.74 Å². The Morgan fingerprint density at radius 2 is 1.95 bits per heavy atom. The molecule has 4 unspecified atom stereocenters. The highest BCUT2D eigenvalue weighted by atomic mass is 32.2. The van der Waals surface area contributed by atoms with E-state index in [1.807, 2.05) is 19.9 Å². The van der Waals surface area contributed by atoms with Gasteiger partial charge >= 0.3 is 0 Å². The number of ether oxygens (including phenoxy) is 1. The SMILES string of the molecule is CC1CN(S(=O)(=O)NC2CC2c2cccc(F)c2)CC(C)O1. The van der Waals surface area contributed by atoms with Gasteiger partial charge in [-0.1, -0.05) is 12.1 Å². The van der Waals surface area contributed by atoms with Gasteiger partial charge in [-0.3, -0.25) is 0 Å². The van der Waals surface area contributed by atoms with E-state index in [4.69, 9.17) is 4.74 Å². The summed E-state index contributed by atoms with van der Waals surface area (Å²) in [6.07, 6.45) is 0.482. The van der Waals surface area contributed by atoms with Gasteiger partial charge in [-0.15, -0.1) is 0 Å². The predicted octanol–water partition coefficient (Wildman–Crippen LogP) is 1.63. The highest BCUT2D eigenvalue weighted by Crippen LogP contribution is 2.41. The Balaban J connectivity index is 1.64. The van der Waals surface area contributed by atoms with Crippen molar-refractivity contribution < 1.29 is 17.5 Å². The standard InChI is InChI=1S/C15H21FN2O3S/c1-10-8-18(9-11(2)21-10)22(19,20)17-15-7-14(15)12-4-3-5-13(16)6-12/h3-6,10-11,14-15,17H,7-9H2,1-2H3. The number of halogens is 1. The summed E-state index contributed by atoms with van der Waals surface area (Å²) in [5.74, 6) is -0.233. The third-order valence-electron chi connectivity index (χ3n) is 4.09. The maximum Gasteiger partial charge on any atom is 0.279 e. The molecular weight excluding hydrogens is 307 g/mol. The maximum atomic E-state index is 13.2. The van der Waals surface area contributed by atoms with Crippen molar-refractivity contribution in [3.63, 3.8) is 0 Å². The minimum atomic E-state index is -3.53. The molecule has 1 saturated heterocycles. The molecule has 0 bridgehead atoms. The van der Waals surface area contributed by atoms with Crippen molar-refractivity contribution in [3.05, 3.63) is 35.6 Å². The lowest BCUT2D eigenvalue weighted by Gasteiger charge is -2.34. The van der Waals surface area contributed by atoms with E-state index in [9.17, 15) is 12.8 Å². The van der Waals surface area contributed by atoms with Crippen molar-refractivity contribution in [2.75, 3.05) is 13.1 Å². The van der Waals surface area contributed by atoms with Crippen LogP contribution in [-0.2, 0) is 14.9 Å². The zero-order valence-electron chi connectivity index (χ0n) is 12.7. The Morgan fingerprint density at radius 3 is 2.59 bits per heavy atom. The van der Waals surface area contributed by atoms with E-state index in [1.165, 1.54) is 16.4 Å². The van der Waals surface area contributed by atoms with Crippen LogP contribution < -0.4 is 4.72 Å². The van der Waals surface area contributed by atoms with Crippen molar-refractivity contribution in [2.24, 2.45) is 0 Å². The van der Waals surface area contributed by atoms with Crippen LogP contribution in [0.15, 0.2) is 24.3 Å². The average molecular weight is 328 g/mol. The van der Waals surface area contributed by atoms with Gasteiger partial charge in [-0.2, -0.15) is 17.4 Å². The minimum Gasteiger partial charge on any atom is -0.373 e. The van der Waals surface area contributed by atoms with E-state index in [0.717, 1.165) is 5.56 Å². The first-order valence-corrected chi connectivity index (χ1v) is 8.97. The monoisotopic (exact) mass is 328 g/mol. The molecule has 7 heteroatoms. The van der Waals surface area contributed by atoms with Crippen molar-refractivity contribution >= 4 is 10.2 Å². The summed E-state index contributed by atoms with van der Waals surface area (Å²) in [6.45, 7) is 4.45. The molecule has 3 rings (SSSR count). The molecule has 5 nitrogen and oxygen atoms in total. The van der Waals surface area contributed by atoms with Crippen LogP contribution >= 0.6 is 0 Å². The van der Waals surface area contributed by atoms with E-state index in [2.05, 4.69) is 4.72 Å². The van der Waals surface area contributed by atoms with Gasteiger partial charge in [0.2, 0.25) is 0 Å². The molecule has 122 valence electrons. The fourth-order valence-corrected chi connectivity index (χ4v) is 4.63. The van der Waals surface area contributed by atoms with Gasteiger partial charge in [-0.05, 0) is 38.0 Å². The molecule has 1 aromatic carbocycles. The Hall–Kier alpha value is -1.02. The molecule has 0 spiro atoms. The Morgan fingerprint density at radius 1 is 1.27 bits per heavy atom. The fourth-order valence-electron chi connectivity index (χ4n) is 3.02. The number of morpholine rings is 1. The summed E-state index contributed by atoms with van der Waals surface area (Å²) in [6, 6.07) is 6.19. The topological polar surface area (TPSA) is 58.6 Å². The van der Waals surface area contributed by atoms with Crippen LogP contribution in [0.4, 0.5) is 4.39 Å². The van der Waals surface area contributed by atoms with Crippen molar-refractivity contribution in [2.45, 2.75) is 44.4 Å². The van der Waals surface area contributed by atoms with E-state index in [1.54, 1.807) is 6.07 Å². The number of nitrogens with zero attached hydrogens (tertiary/aromatic N) is 1. The molecule has 1 aliphatic heterocycles. The molecule has 0 amide bonds. The molecule has 0 aromatic heterocycles. The third kappa shape index (κ3) is 3.48. The number of hydrogen-bond acceptors (Lipinski definition) is 3. The molecule has 2 aliphatic rings. The summed E-state index contributed by atoms with van der Waals surface area (Å²) >= 11 is 0. The summed E-state index contributed by atoms with van der Waals surface area (Å²) in [5, 5.41) is 0. The lowest BCUT2D eigenvalue weighted by Crippen LogP contribution is -2.52. The van der Waals surface area contributed by atoms with Crippen LogP contribution in [-0.4, -0.2) is 44.1 Å². The highest BCUT2D eigenvalue weighted by Gasteiger charge is 2.43. The Labute approximate surface area is 130 Å². The van der Waals surface area contributed by atoms with E-state index < -0.39 is 10.2 Å². The molecule has 0 radical (unpaired) electrons. The maximum absolute atomic E-state index is 13.2. The van der Waals surface area contributed by atoms with Gasteiger partial charge in [0.1, 0.15) is 5.82 Å². The number of hydrogen-bond donors (Lipinski definition) is 1. The fraction of sp³-hybridized carbons (Fsp3) is 0.600. The van der Waals surface area contributed by atoms with Gasteiger partial charge in [0.25, 0.3) is 10.2 Å². The van der Waals surface area contributed by atoms with Crippen LogP contribution in [0.2, 0.25) is 0 Å². The van der Waals surface area contributed by atoms with Gasteiger partial charge in [0.05, 0.1) is 12.2 Å². The molecule has 1 aromatic rings. The lowest BCUT2D eigenvalue weighted by molar-refractivity contribution is -0.0444. The first-order chi connectivity index (χ1) is 10.3. The highest BCUT2D eigenvalue weighted by molar-refractivity contribution is 7.87. The number of nitrogens with one attached hydrogen (secondary N) is 1. The molecule has 1 N–H and O–H groups in total. The lowest BCUT2D eigenvalue weighted by atomic mass is 10.1. The van der Waals surface area contributed by atoms with Gasteiger partial charge in [-0.25, -0.2) is 4.39 Å². The van der Waals surface area contributed by atoms with E-state index in [0.29, 0.717) is 19.5 Å². The third-order valence-corrected chi connectivity index (χ3v) is 5.67. The van der Waals surface area contributed by atoms with Gasteiger partial charge in [0.15, 0.2) is 0 Å². The van der Waals surface area contributed by atoms with Crippen LogP contribution in [0, 0.1) is 5.82 Å². The molecule has 2 fully saturated rings. The van der Waals surface area contributed by atoms with Crippen molar-refractivity contribution in [3.8, 4) is 0 Å². The second-order valence-electron chi connectivity index (χ2n) is 6.20. The van der Waals surface area contributed by atoms with Crippen molar-refractivity contribution in [1.29, 1.82) is 0 Å². The molecule has 4 atom stereocenters. The van der Waals surface area contributed by atoms with Crippen LogP contribution in [0.5, 0.6) is 0 Å². The normalized spacial score (nSPS) is 32.9. The number of benzene rings is 1. The first kappa shape index (κ1) is 15.9. The zero-order chi connectivity index (χ0) is 15.9. The first-order valence-electron chi connectivity index (χ1n) is 7.53. The summed E-state index contributed by atoms with van der Waals surface area (Å²) < 4.78 is 47.9. The molecule has 1 heterocycles. The zero-order valence-corrected chi connectivity index (χ0v) is 13.5. The quantitative estimate of drug-likeness (QED) is 0.914. The molecule has 1 aliphatic carbocycles. The summed E-state index contributed by atoms with van der Waals surface area (Å²) in [7, 11) is -3.53. The smallest absolute Gasteiger partial charge is 0.279 e. The van der Waals surface area contributed by atoms with E-state index >= 15 is 0 Å². The van der Waals surface area contributed by atoms with Crippen LogP contribution in [0.25, 0.3) is 0 Å². The minimum absolute atomic E-state index is 0.0568. The molecular formula is C15H21FN2O3S. The Bertz CT molecular complexity index is 642. The number of rotatable bonds is 4. The predicted molar refractivity (Wildman–Crippen MR) is 81.2 cm³/mol. The largest absolute Gasteiger partial charge is 0.373 e. The van der Waals surface area contributed by atoms with E-state index in [-0.39, 0.29) is 30.0 Å². The molecule has 22 heavy (non-hydrogen) atoms. The van der Waals surface area contributed by atoms with Crippen molar-refractivity contribution in [1.82, 2.24) is 9.03 Å². The van der Waals surface area contributed by atoms with Gasteiger partial charge in [0, 0.05) is 25.0 Å². The Kier molecular flexibility index (Phi) is 4.24. The summed E-state index contributed by atoms with van der Waals surface area (Å²) in [5.41, 5.74) is 0.844. The van der Waals surface area contributed by atoms with Crippen LogP contribution in [0.3, 0.4) is 0 Å². The molecule has 1 saturated carbocycles. The average Bonchev–Trinajstić information content (AvgIpc) is 3.16. The second-order valence-corrected chi connectivity index (χ2v) is 7.90. The second kappa shape index (κ2) is 5.88. The van der Waals surface area contributed by atoms with Crippen LogP contribution in [0.1, 0.15) is 31.7 Å².